The van der Waals surface area contributed by atoms with Crippen LogP contribution in [0.25, 0.3) is 0 Å². The van der Waals surface area contributed by atoms with E-state index in [1.807, 2.05) is 0 Å². The third kappa shape index (κ3) is 6.14. The van der Waals surface area contributed by atoms with Crippen molar-refractivity contribution in [1.82, 2.24) is 0 Å². The second-order valence-electron chi connectivity index (χ2n) is 19.1. The molecule has 0 bridgehead atoms. The number of fused-ring (bicyclic) bond motifs is 7. The number of rotatable bonds is 8. The third-order valence-corrected chi connectivity index (χ3v) is 16.6. The Balaban J connectivity index is 0.976. The average Bonchev–Trinajstić information content (AvgIpc) is 3.78. The topological polar surface area (TPSA) is 258 Å². The second-order valence-corrected chi connectivity index (χ2v) is 19.1. The standard InChI is InChI=1S/C39H64O16/c1-18-26-23(53-39(18)11-10-37(16-42,55-39)17-50-33-31(48)29(46)27(44)24(14-40)51-33)12-22-20-5-9-38(54-34-32(49)30(47)28(45)25(15-41)52-34)13-19(43)4-8-36(38,3)21(20)6-7-35(22,26)2/h18-34,40-49H,4-17H2,1-3H3/t18-,19-,20+,21-,22-,23-,24+,25+,26-,27+,28+,29-,30-,31+,32+,33+,34-,35-,36+,37+,38-,39-/m0/s1. The smallest absolute Gasteiger partial charge is 0.187 e. The molecule has 0 aromatic rings. The van der Waals surface area contributed by atoms with E-state index in [1.54, 1.807) is 0 Å². The molecule has 0 unspecified atom stereocenters. The van der Waals surface area contributed by atoms with Gasteiger partial charge in [0, 0.05) is 18.8 Å². The molecule has 4 saturated carbocycles. The van der Waals surface area contributed by atoms with Gasteiger partial charge in [-0.3, -0.25) is 0 Å². The fourth-order valence-corrected chi connectivity index (χ4v) is 13.5. The van der Waals surface area contributed by atoms with Gasteiger partial charge >= 0.3 is 0 Å². The van der Waals surface area contributed by atoms with Crippen LogP contribution in [0.15, 0.2) is 0 Å². The highest BCUT2D eigenvalue weighted by molar-refractivity contribution is 5.19. The monoisotopic (exact) mass is 788 g/mol. The number of ether oxygens (including phenoxy) is 6. The van der Waals surface area contributed by atoms with Crippen molar-refractivity contribution in [2.24, 2.45) is 40.4 Å². The van der Waals surface area contributed by atoms with Crippen molar-refractivity contribution in [3.63, 3.8) is 0 Å². The molecule has 4 saturated heterocycles. The van der Waals surface area contributed by atoms with Gasteiger partial charge in [0.1, 0.15) is 54.4 Å². The van der Waals surface area contributed by atoms with E-state index in [9.17, 15) is 51.1 Å². The zero-order valence-electron chi connectivity index (χ0n) is 32.1. The Kier molecular flexibility index (Phi) is 10.9. The van der Waals surface area contributed by atoms with Gasteiger partial charge in [-0.15, -0.1) is 0 Å². The molecule has 4 aliphatic heterocycles. The van der Waals surface area contributed by atoms with Crippen molar-refractivity contribution >= 4 is 0 Å². The van der Waals surface area contributed by atoms with Gasteiger partial charge in [0.2, 0.25) is 0 Å². The first kappa shape index (κ1) is 41.1. The van der Waals surface area contributed by atoms with E-state index in [-0.39, 0.29) is 47.9 Å². The normalized spacial score (nSPS) is 59.0. The summed E-state index contributed by atoms with van der Waals surface area (Å²) in [6, 6.07) is 0. The van der Waals surface area contributed by atoms with Crippen molar-refractivity contribution in [2.75, 3.05) is 26.4 Å². The summed E-state index contributed by atoms with van der Waals surface area (Å²) in [6.07, 6.45) is -7.86. The maximum atomic E-state index is 11.0. The molecule has 1 spiro atoms. The molecule has 0 radical (unpaired) electrons. The molecule has 55 heavy (non-hydrogen) atoms. The van der Waals surface area contributed by atoms with E-state index in [2.05, 4.69) is 20.8 Å². The van der Waals surface area contributed by atoms with Gasteiger partial charge < -0.3 is 79.5 Å². The molecule has 22 atom stereocenters. The average molecular weight is 789 g/mol. The lowest BCUT2D eigenvalue weighted by Gasteiger charge is -2.66. The molecular formula is C39H64O16. The van der Waals surface area contributed by atoms with Crippen LogP contribution in [0.4, 0.5) is 0 Å². The molecule has 0 aromatic carbocycles. The Morgan fingerprint density at radius 2 is 1.35 bits per heavy atom. The fourth-order valence-electron chi connectivity index (χ4n) is 13.5. The predicted molar refractivity (Wildman–Crippen MR) is 187 cm³/mol. The zero-order chi connectivity index (χ0) is 39.5. The molecule has 16 heteroatoms. The maximum Gasteiger partial charge on any atom is 0.187 e. The molecule has 4 heterocycles. The van der Waals surface area contributed by atoms with Gasteiger partial charge in [-0.1, -0.05) is 20.8 Å². The van der Waals surface area contributed by atoms with Crippen LogP contribution in [-0.2, 0) is 28.4 Å². The summed E-state index contributed by atoms with van der Waals surface area (Å²) in [6.45, 7) is 5.16. The lowest BCUT2D eigenvalue weighted by atomic mass is 9.43. The highest BCUT2D eigenvalue weighted by Crippen LogP contribution is 2.73. The Hall–Kier alpha value is -0.640. The Labute approximate surface area is 321 Å². The van der Waals surface area contributed by atoms with E-state index in [4.69, 9.17) is 28.4 Å². The van der Waals surface area contributed by atoms with E-state index in [0.717, 1.165) is 32.1 Å². The molecule has 0 aromatic heterocycles. The summed E-state index contributed by atoms with van der Waals surface area (Å²) >= 11 is 0. The highest BCUT2D eigenvalue weighted by atomic mass is 16.8. The van der Waals surface area contributed by atoms with Gasteiger partial charge in [-0.05, 0) is 85.9 Å². The van der Waals surface area contributed by atoms with Crippen LogP contribution >= 0.6 is 0 Å². The van der Waals surface area contributed by atoms with E-state index in [1.165, 1.54) is 0 Å². The Morgan fingerprint density at radius 3 is 2.00 bits per heavy atom. The second kappa shape index (κ2) is 14.5. The van der Waals surface area contributed by atoms with Crippen molar-refractivity contribution in [1.29, 1.82) is 0 Å². The molecular weight excluding hydrogens is 724 g/mol. The molecule has 316 valence electrons. The largest absolute Gasteiger partial charge is 0.394 e. The van der Waals surface area contributed by atoms with Crippen LogP contribution < -0.4 is 0 Å². The Morgan fingerprint density at radius 1 is 0.691 bits per heavy atom. The SMILES string of the molecule is C[C@H]1[C@H]2[C@H](C[C@H]3[C@@H]4CC[C@]5(O[C@@H]6O[C@H](CO)[C@@H](O)[C@H](O)[C@H]6O)C[C@@H](O)CC[C@]5(C)[C@H]4CC[C@]23C)O[C@]12CC[C@@](CO)(CO[C@@H]1O[C@H](CO)[C@@H](O)[C@H](O)[C@H]1O)O2. The molecule has 4 aliphatic carbocycles. The fraction of sp³-hybridized carbons (Fsp3) is 1.00. The van der Waals surface area contributed by atoms with Crippen LogP contribution in [0.3, 0.4) is 0 Å². The van der Waals surface area contributed by atoms with Gasteiger partial charge in [0.25, 0.3) is 0 Å². The number of aliphatic hydroxyl groups excluding tert-OH is 10. The minimum Gasteiger partial charge on any atom is -0.394 e. The summed E-state index contributed by atoms with van der Waals surface area (Å²) in [5.74, 6) is 0.196. The zero-order valence-corrected chi connectivity index (χ0v) is 32.1. The van der Waals surface area contributed by atoms with Crippen LogP contribution in [0, 0.1) is 40.4 Å². The quantitative estimate of drug-likeness (QED) is 0.128. The van der Waals surface area contributed by atoms with Crippen LogP contribution in [0.1, 0.15) is 85.0 Å². The van der Waals surface area contributed by atoms with E-state index < -0.39 is 97.7 Å². The minimum absolute atomic E-state index is 0.0117. The van der Waals surface area contributed by atoms with Gasteiger partial charge in [-0.2, -0.15) is 0 Å². The number of hydrogen-bond acceptors (Lipinski definition) is 16. The number of aliphatic hydroxyl groups is 10. The van der Waals surface area contributed by atoms with E-state index >= 15 is 0 Å². The Bertz CT molecular complexity index is 1390. The van der Waals surface area contributed by atoms with Crippen LogP contribution in [0.5, 0.6) is 0 Å². The highest BCUT2D eigenvalue weighted by Gasteiger charge is 2.72. The van der Waals surface area contributed by atoms with Crippen molar-refractivity contribution in [2.45, 2.75) is 176 Å². The molecule has 10 N–H and O–H groups in total. The maximum absolute atomic E-state index is 11.0. The number of hydrogen-bond donors (Lipinski definition) is 10. The summed E-state index contributed by atoms with van der Waals surface area (Å²) < 4.78 is 37.8. The first-order valence-electron chi connectivity index (χ1n) is 20.6. The van der Waals surface area contributed by atoms with Gasteiger partial charge in [0.15, 0.2) is 18.4 Å². The molecule has 8 fully saturated rings. The van der Waals surface area contributed by atoms with Crippen LogP contribution in [0.2, 0.25) is 0 Å². The predicted octanol–water partition coefficient (Wildman–Crippen LogP) is -1.36. The van der Waals surface area contributed by atoms with Crippen molar-refractivity contribution in [3.8, 4) is 0 Å². The molecule has 8 rings (SSSR count). The summed E-state index contributed by atoms with van der Waals surface area (Å²) in [5.41, 5.74) is -2.44. The van der Waals surface area contributed by atoms with Crippen molar-refractivity contribution < 1.29 is 79.5 Å². The summed E-state index contributed by atoms with van der Waals surface area (Å²) in [7, 11) is 0. The van der Waals surface area contributed by atoms with Crippen molar-refractivity contribution in [3.05, 3.63) is 0 Å². The minimum atomic E-state index is -1.58. The first-order valence-corrected chi connectivity index (χ1v) is 20.6. The first-order chi connectivity index (χ1) is 26.0. The lowest BCUT2D eigenvalue weighted by Crippen LogP contribution is -2.67. The molecule has 16 nitrogen and oxygen atoms in total. The summed E-state index contributed by atoms with van der Waals surface area (Å²) in [4.78, 5) is 0. The van der Waals surface area contributed by atoms with E-state index in [0.29, 0.717) is 43.9 Å². The van der Waals surface area contributed by atoms with Gasteiger partial charge in [-0.25, -0.2) is 0 Å². The van der Waals surface area contributed by atoms with Crippen LogP contribution in [-0.4, -0.2) is 168 Å². The van der Waals surface area contributed by atoms with Gasteiger partial charge in [0.05, 0.1) is 44.2 Å². The molecule has 0 amide bonds. The summed E-state index contributed by atoms with van der Waals surface area (Å²) in [5, 5.41) is 104. The molecule has 8 aliphatic rings. The lowest BCUT2D eigenvalue weighted by molar-refractivity contribution is -0.361. The third-order valence-electron chi connectivity index (χ3n) is 16.6.